The zero-order valence-electron chi connectivity index (χ0n) is 39.2. The molecule has 0 aliphatic carbocycles. The number of amides is 1. The number of nitrogens with one attached hydrogen (secondary N) is 1. The molecule has 58 heavy (non-hydrogen) atoms. The highest BCUT2D eigenvalue weighted by molar-refractivity contribution is 5.77. The van der Waals surface area contributed by atoms with Gasteiger partial charge in [-0.15, -0.1) is 0 Å². The molecule has 0 radical (unpaired) electrons. The van der Waals surface area contributed by atoms with Crippen LogP contribution in [0.2, 0.25) is 0 Å². The first-order valence-corrected chi connectivity index (χ1v) is 25.9. The SMILES string of the molecule is CCCCCCCC/C=C/CCCCCCCCCCCC(=O)OC(CCCCCCCCC)CC(=O)NC(CO)C(O)CCCCCCCCCCCCCCC. The van der Waals surface area contributed by atoms with Gasteiger partial charge < -0.3 is 20.3 Å². The number of allylic oxidation sites excluding steroid dienone is 2. The summed E-state index contributed by atoms with van der Waals surface area (Å²) in [4.78, 5) is 26.0. The van der Waals surface area contributed by atoms with Crippen molar-refractivity contribution in [1.82, 2.24) is 5.32 Å². The Labute approximate surface area is 361 Å². The van der Waals surface area contributed by atoms with Gasteiger partial charge in [-0.3, -0.25) is 9.59 Å². The molecule has 0 fully saturated rings. The van der Waals surface area contributed by atoms with E-state index in [9.17, 15) is 19.8 Å². The standard InChI is InChI=1S/C52H101NO5/c1-4-7-10-13-16-18-20-22-23-24-25-26-27-29-31-33-36-39-42-45-52(57)58-48(43-40-37-34-15-12-9-6-3)46-51(56)53-49(47-54)50(55)44-41-38-35-32-30-28-21-19-17-14-11-8-5-2/h22-23,48-50,54-55H,4-21,24-47H2,1-3H3,(H,53,56)/b23-22+. The number of carbonyl (C=O) groups is 2. The number of ether oxygens (including phenoxy) is 1. The van der Waals surface area contributed by atoms with Gasteiger partial charge in [0, 0.05) is 6.42 Å². The van der Waals surface area contributed by atoms with Crippen molar-refractivity contribution in [3.63, 3.8) is 0 Å². The summed E-state index contributed by atoms with van der Waals surface area (Å²) in [5, 5.41) is 23.7. The number of aliphatic hydroxyl groups excluding tert-OH is 2. The Hall–Kier alpha value is -1.40. The number of hydrogen-bond acceptors (Lipinski definition) is 5. The molecule has 3 unspecified atom stereocenters. The average Bonchev–Trinajstić information content (AvgIpc) is 3.21. The maximum atomic E-state index is 13.1. The molecular weight excluding hydrogens is 719 g/mol. The number of esters is 1. The van der Waals surface area contributed by atoms with E-state index in [0.29, 0.717) is 19.3 Å². The van der Waals surface area contributed by atoms with Crippen LogP contribution < -0.4 is 5.32 Å². The second kappa shape index (κ2) is 46.7. The van der Waals surface area contributed by atoms with Crippen molar-refractivity contribution in [2.45, 2.75) is 302 Å². The van der Waals surface area contributed by atoms with E-state index < -0.39 is 18.2 Å². The van der Waals surface area contributed by atoms with Crippen molar-refractivity contribution >= 4 is 11.9 Å². The smallest absolute Gasteiger partial charge is 0.306 e. The van der Waals surface area contributed by atoms with E-state index in [0.717, 1.165) is 44.9 Å². The number of unbranched alkanes of at least 4 members (excludes halogenated alkanes) is 33. The van der Waals surface area contributed by atoms with Crippen molar-refractivity contribution in [2.24, 2.45) is 0 Å². The quantitative estimate of drug-likeness (QED) is 0.0323. The molecule has 0 saturated heterocycles. The highest BCUT2D eigenvalue weighted by Gasteiger charge is 2.24. The second-order valence-electron chi connectivity index (χ2n) is 17.9. The summed E-state index contributed by atoms with van der Waals surface area (Å²) in [6, 6.07) is -0.693. The summed E-state index contributed by atoms with van der Waals surface area (Å²) >= 11 is 0. The van der Waals surface area contributed by atoms with E-state index >= 15 is 0 Å². The monoisotopic (exact) mass is 820 g/mol. The molecule has 6 heteroatoms. The molecule has 3 atom stereocenters. The molecule has 0 aromatic carbocycles. The topological polar surface area (TPSA) is 95.9 Å². The predicted molar refractivity (Wildman–Crippen MR) is 250 cm³/mol. The third kappa shape index (κ3) is 41.3. The van der Waals surface area contributed by atoms with Crippen LogP contribution in [0.25, 0.3) is 0 Å². The van der Waals surface area contributed by atoms with Crippen LogP contribution >= 0.6 is 0 Å². The average molecular weight is 820 g/mol. The van der Waals surface area contributed by atoms with E-state index in [-0.39, 0.29) is 24.9 Å². The molecule has 0 saturated carbocycles. The Kier molecular flexibility index (Phi) is 45.5. The van der Waals surface area contributed by atoms with E-state index in [4.69, 9.17) is 4.74 Å². The van der Waals surface area contributed by atoms with Crippen LogP contribution in [0, 0.1) is 0 Å². The normalized spacial score (nSPS) is 13.3. The lowest BCUT2D eigenvalue weighted by Gasteiger charge is -2.24. The fourth-order valence-electron chi connectivity index (χ4n) is 8.13. The Morgan fingerprint density at radius 1 is 0.483 bits per heavy atom. The van der Waals surface area contributed by atoms with E-state index in [1.807, 2.05) is 0 Å². The second-order valence-corrected chi connectivity index (χ2v) is 17.9. The molecule has 344 valence electrons. The van der Waals surface area contributed by atoms with Crippen molar-refractivity contribution in [3.8, 4) is 0 Å². The van der Waals surface area contributed by atoms with Crippen LogP contribution in [0.4, 0.5) is 0 Å². The van der Waals surface area contributed by atoms with Gasteiger partial charge in [-0.2, -0.15) is 0 Å². The van der Waals surface area contributed by atoms with E-state index in [1.165, 1.54) is 193 Å². The van der Waals surface area contributed by atoms with E-state index in [1.54, 1.807) is 0 Å². The predicted octanol–water partition coefficient (Wildman–Crippen LogP) is 15.3. The first kappa shape index (κ1) is 56.6. The summed E-state index contributed by atoms with van der Waals surface area (Å²) in [7, 11) is 0. The molecule has 0 spiro atoms. The van der Waals surface area contributed by atoms with Gasteiger partial charge in [-0.05, 0) is 51.4 Å². The van der Waals surface area contributed by atoms with Crippen molar-refractivity contribution in [3.05, 3.63) is 12.2 Å². The molecule has 3 N–H and O–H groups in total. The summed E-state index contributed by atoms with van der Waals surface area (Å²) in [6.45, 7) is 6.47. The minimum Gasteiger partial charge on any atom is -0.462 e. The van der Waals surface area contributed by atoms with Crippen LogP contribution in [-0.2, 0) is 14.3 Å². The van der Waals surface area contributed by atoms with Crippen LogP contribution in [0.5, 0.6) is 0 Å². The van der Waals surface area contributed by atoms with Crippen molar-refractivity contribution < 1.29 is 24.5 Å². The van der Waals surface area contributed by atoms with Gasteiger partial charge in [0.25, 0.3) is 0 Å². The van der Waals surface area contributed by atoms with E-state index in [2.05, 4.69) is 38.2 Å². The zero-order chi connectivity index (χ0) is 42.4. The van der Waals surface area contributed by atoms with Gasteiger partial charge in [-0.1, -0.05) is 232 Å². The molecule has 6 nitrogen and oxygen atoms in total. The summed E-state index contributed by atoms with van der Waals surface area (Å²) in [5.41, 5.74) is 0. The molecule has 0 bridgehead atoms. The lowest BCUT2D eigenvalue weighted by atomic mass is 10.0. The lowest BCUT2D eigenvalue weighted by molar-refractivity contribution is -0.151. The van der Waals surface area contributed by atoms with Crippen LogP contribution in [0.15, 0.2) is 12.2 Å². The molecule has 0 aromatic heterocycles. The maximum Gasteiger partial charge on any atom is 0.306 e. The first-order chi connectivity index (χ1) is 28.5. The van der Waals surface area contributed by atoms with Gasteiger partial charge in [0.1, 0.15) is 6.10 Å². The molecular formula is C52H101NO5. The van der Waals surface area contributed by atoms with Crippen LogP contribution in [0.3, 0.4) is 0 Å². The highest BCUT2D eigenvalue weighted by atomic mass is 16.5. The maximum absolute atomic E-state index is 13.1. The van der Waals surface area contributed by atoms with Gasteiger partial charge in [0.2, 0.25) is 5.91 Å². The summed E-state index contributed by atoms with van der Waals surface area (Å²) < 4.78 is 5.90. The summed E-state index contributed by atoms with van der Waals surface area (Å²) in [5.74, 6) is -0.466. The Balaban J connectivity index is 4.30. The van der Waals surface area contributed by atoms with Crippen molar-refractivity contribution in [1.29, 1.82) is 0 Å². The molecule has 0 aliphatic heterocycles. The number of aliphatic hydroxyl groups is 2. The lowest BCUT2D eigenvalue weighted by Crippen LogP contribution is -2.46. The molecule has 0 heterocycles. The largest absolute Gasteiger partial charge is 0.462 e. The Morgan fingerprint density at radius 3 is 1.22 bits per heavy atom. The highest BCUT2D eigenvalue weighted by Crippen LogP contribution is 2.18. The zero-order valence-corrected chi connectivity index (χ0v) is 39.2. The molecule has 0 aromatic rings. The Bertz CT molecular complexity index is 878. The number of carbonyl (C=O) groups excluding carboxylic acids is 2. The summed E-state index contributed by atoms with van der Waals surface area (Å²) in [6.07, 6.45) is 51.5. The molecule has 0 rings (SSSR count). The first-order valence-electron chi connectivity index (χ1n) is 25.9. The fraction of sp³-hybridized carbons (Fsp3) is 0.923. The van der Waals surface area contributed by atoms with Crippen molar-refractivity contribution in [2.75, 3.05) is 6.61 Å². The fourth-order valence-corrected chi connectivity index (χ4v) is 8.13. The minimum atomic E-state index is -0.780. The van der Waals surface area contributed by atoms with Gasteiger partial charge in [0.15, 0.2) is 0 Å². The minimum absolute atomic E-state index is 0.0824. The molecule has 1 amide bonds. The third-order valence-electron chi connectivity index (χ3n) is 12.1. The van der Waals surface area contributed by atoms with Gasteiger partial charge >= 0.3 is 5.97 Å². The van der Waals surface area contributed by atoms with Gasteiger partial charge in [0.05, 0.1) is 25.2 Å². The molecule has 0 aliphatic rings. The third-order valence-corrected chi connectivity index (χ3v) is 12.1. The van der Waals surface area contributed by atoms with Gasteiger partial charge in [-0.25, -0.2) is 0 Å². The number of hydrogen-bond donors (Lipinski definition) is 3. The number of rotatable bonds is 47. The Morgan fingerprint density at radius 2 is 0.828 bits per heavy atom. The van der Waals surface area contributed by atoms with Crippen LogP contribution in [0.1, 0.15) is 284 Å². The van der Waals surface area contributed by atoms with Crippen LogP contribution in [-0.4, -0.2) is 46.9 Å².